The minimum atomic E-state index is 0.743. The zero-order valence-corrected chi connectivity index (χ0v) is 10.2. The molecule has 0 aromatic heterocycles. The zero-order valence-electron chi connectivity index (χ0n) is 8.63. The van der Waals surface area contributed by atoms with E-state index in [4.69, 9.17) is 4.74 Å². The van der Waals surface area contributed by atoms with Crippen LogP contribution in [-0.4, -0.2) is 43.1 Å². The van der Waals surface area contributed by atoms with Crippen LogP contribution in [0, 0.1) is 5.92 Å². The van der Waals surface area contributed by atoms with E-state index < -0.39 is 0 Å². The monoisotopic (exact) mass is 249 g/mol. The quantitative estimate of drug-likeness (QED) is 0.709. The molecule has 1 aliphatic heterocycles. The van der Waals surface area contributed by atoms with E-state index in [1.54, 1.807) is 0 Å². The number of halogens is 1. The molecule has 0 aliphatic carbocycles. The average molecular weight is 250 g/mol. The molecule has 3 heteroatoms. The Morgan fingerprint density at radius 1 is 1.46 bits per heavy atom. The Balaban J connectivity index is 2.24. The summed E-state index contributed by atoms with van der Waals surface area (Å²) < 4.78 is 5.35. The molecule has 78 valence electrons. The van der Waals surface area contributed by atoms with Crippen molar-refractivity contribution in [2.24, 2.45) is 5.92 Å². The summed E-state index contributed by atoms with van der Waals surface area (Å²) in [7, 11) is 2.23. The van der Waals surface area contributed by atoms with Crippen LogP contribution in [0.4, 0.5) is 0 Å². The van der Waals surface area contributed by atoms with Gasteiger partial charge in [0.25, 0.3) is 0 Å². The lowest BCUT2D eigenvalue weighted by molar-refractivity contribution is 0.0399. The van der Waals surface area contributed by atoms with Crippen molar-refractivity contribution in [3.63, 3.8) is 0 Å². The van der Waals surface area contributed by atoms with Gasteiger partial charge in [0.05, 0.1) is 0 Å². The normalized spacial score (nSPS) is 22.2. The third-order valence-corrected chi connectivity index (χ3v) is 3.78. The average Bonchev–Trinajstić information content (AvgIpc) is 2.19. The molecule has 0 N–H and O–H groups in total. The Morgan fingerprint density at radius 2 is 2.08 bits per heavy atom. The SMILES string of the molecule is CC(CBr)CN(C)C1CCOCC1. The zero-order chi connectivity index (χ0) is 9.68. The smallest absolute Gasteiger partial charge is 0.0480 e. The van der Waals surface area contributed by atoms with Gasteiger partial charge in [-0.15, -0.1) is 0 Å². The van der Waals surface area contributed by atoms with E-state index in [1.807, 2.05) is 0 Å². The summed E-state index contributed by atoms with van der Waals surface area (Å²) in [4.78, 5) is 2.48. The number of nitrogens with zero attached hydrogens (tertiary/aromatic N) is 1. The molecular formula is C10H20BrNO. The molecule has 1 atom stereocenters. The van der Waals surface area contributed by atoms with Gasteiger partial charge < -0.3 is 9.64 Å². The van der Waals surface area contributed by atoms with Gasteiger partial charge >= 0.3 is 0 Å². The Kier molecular flexibility index (Phi) is 5.29. The first-order chi connectivity index (χ1) is 6.24. The van der Waals surface area contributed by atoms with Crippen molar-refractivity contribution in [3.05, 3.63) is 0 Å². The molecule has 1 heterocycles. The highest BCUT2D eigenvalue weighted by Crippen LogP contribution is 2.14. The fourth-order valence-corrected chi connectivity index (χ4v) is 2.02. The van der Waals surface area contributed by atoms with Gasteiger partial charge in [-0.2, -0.15) is 0 Å². The van der Waals surface area contributed by atoms with Crippen molar-refractivity contribution < 1.29 is 4.74 Å². The van der Waals surface area contributed by atoms with Gasteiger partial charge in [0.1, 0.15) is 0 Å². The summed E-state index contributed by atoms with van der Waals surface area (Å²) in [5.41, 5.74) is 0. The van der Waals surface area contributed by atoms with Gasteiger partial charge in [0.2, 0.25) is 0 Å². The van der Waals surface area contributed by atoms with Crippen LogP contribution >= 0.6 is 15.9 Å². The van der Waals surface area contributed by atoms with E-state index in [-0.39, 0.29) is 0 Å². The lowest BCUT2D eigenvalue weighted by atomic mass is 10.1. The fraction of sp³-hybridized carbons (Fsp3) is 1.00. The van der Waals surface area contributed by atoms with E-state index in [0.717, 1.165) is 30.5 Å². The Bertz CT molecular complexity index is 137. The number of ether oxygens (including phenoxy) is 1. The number of hydrogen-bond donors (Lipinski definition) is 0. The van der Waals surface area contributed by atoms with Crippen molar-refractivity contribution in [1.82, 2.24) is 4.90 Å². The first-order valence-corrected chi connectivity index (χ1v) is 6.20. The van der Waals surface area contributed by atoms with Crippen LogP contribution in [0.5, 0.6) is 0 Å². The molecule has 0 radical (unpaired) electrons. The maximum Gasteiger partial charge on any atom is 0.0480 e. The molecule has 2 nitrogen and oxygen atoms in total. The van der Waals surface area contributed by atoms with Crippen molar-refractivity contribution in [3.8, 4) is 0 Å². The summed E-state index contributed by atoms with van der Waals surface area (Å²) in [6, 6.07) is 0.746. The molecule has 1 rings (SSSR count). The second-order valence-electron chi connectivity index (χ2n) is 4.04. The second kappa shape index (κ2) is 5.99. The van der Waals surface area contributed by atoms with Crippen LogP contribution in [-0.2, 0) is 4.74 Å². The maximum atomic E-state index is 5.35. The molecule has 1 unspecified atom stereocenters. The lowest BCUT2D eigenvalue weighted by Crippen LogP contribution is -2.39. The Hall–Kier alpha value is 0.400. The minimum Gasteiger partial charge on any atom is -0.381 e. The number of hydrogen-bond acceptors (Lipinski definition) is 2. The summed E-state index contributed by atoms with van der Waals surface area (Å²) in [6.07, 6.45) is 2.40. The Labute approximate surface area is 89.8 Å². The van der Waals surface area contributed by atoms with Crippen LogP contribution in [0.25, 0.3) is 0 Å². The molecule has 0 aromatic carbocycles. The largest absolute Gasteiger partial charge is 0.381 e. The number of rotatable bonds is 4. The summed E-state index contributed by atoms with van der Waals surface area (Å²) in [5, 5.41) is 1.10. The van der Waals surface area contributed by atoms with Gasteiger partial charge in [0.15, 0.2) is 0 Å². The molecule has 0 amide bonds. The van der Waals surface area contributed by atoms with Crippen molar-refractivity contribution in [2.75, 3.05) is 32.1 Å². The first-order valence-electron chi connectivity index (χ1n) is 5.08. The highest BCUT2D eigenvalue weighted by atomic mass is 79.9. The van der Waals surface area contributed by atoms with Crippen LogP contribution in [0.1, 0.15) is 19.8 Å². The predicted molar refractivity (Wildman–Crippen MR) is 59.4 cm³/mol. The van der Waals surface area contributed by atoms with Crippen molar-refractivity contribution in [2.45, 2.75) is 25.8 Å². The molecule has 0 spiro atoms. The van der Waals surface area contributed by atoms with Crippen LogP contribution < -0.4 is 0 Å². The highest BCUT2D eigenvalue weighted by molar-refractivity contribution is 9.09. The van der Waals surface area contributed by atoms with Gasteiger partial charge in [-0.25, -0.2) is 0 Å². The van der Waals surface area contributed by atoms with Crippen LogP contribution in [0.3, 0.4) is 0 Å². The number of alkyl halides is 1. The predicted octanol–water partition coefficient (Wildman–Crippen LogP) is 2.13. The van der Waals surface area contributed by atoms with E-state index in [0.29, 0.717) is 0 Å². The first kappa shape index (κ1) is 11.5. The molecule has 1 fully saturated rings. The molecule has 13 heavy (non-hydrogen) atoms. The van der Waals surface area contributed by atoms with Gasteiger partial charge in [-0.3, -0.25) is 0 Å². The summed E-state index contributed by atoms with van der Waals surface area (Å²) >= 11 is 3.52. The van der Waals surface area contributed by atoms with Gasteiger partial charge in [-0.1, -0.05) is 22.9 Å². The molecule has 0 aromatic rings. The van der Waals surface area contributed by atoms with E-state index in [1.165, 1.54) is 19.4 Å². The van der Waals surface area contributed by atoms with E-state index >= 15 is 0 Å². The highest BCUT2D eigenvalue weighted by Gasteiger charge is 2.19. The maximum absolute atomic E-state index is 5.35. The standard InChI is InChI=1S/C10H20BrNO/c1-9(7-11)8-12(2)10-3-5-13-6-4-10/h9-10H,3-8H2,1-2H3. The third-order valence-electron chi connectivity index (χ3n) is 2.68. The molecular weight excluding hydrogens is 230 g/mol. The van der Waals surface area contributed by atoms with Crippen molar-refractivity contribution in [1.29, 1.82) is 0 Å². The summed E-state index contributed by atoms with van der Waals surface area (Å²) in [5.74, 6) is 0.743. The second-order valence-corrected chi connectivity index (χ2v) is 4.69. The van der Waals surface area contributed by atoms with E-state index in [2.05, 4.69) is 34.8 Å². The van der Waals surface area contributed by atoms with Crippen LogP contribution in [0.2, 0.25) is 0 Å². The molecule has 1 aliphatic rings. The van der Waals surface area contributed by atoms with Crippen LogP contribution in [0.15, 0.2) is 0 Å². The van der Waals surface area contributed by atoms with E-state index in [9.17, 15) is 0 Å². The lowest BCUT2D eigenvalue weighted by Gasteiger charge is -2.32. The fourth-order valence-electron chi connectivity index (χ4n) is 1.82. The van der Waals surface area contributed by atoms with Gasteiger partial charge in [-0.05, 0) is 25.8 Å². The minimum absolute atomic E-state index is 0.743. The topological polar surface area (TPSA) is 12.5 Å². The molecule has 1 saturated heterocycles. The Morgan fingerprint density at radius 3 is 2.62 bits per heavy atom. The molecule has 0 bridgehead atoms. The van der Waals surface area contributed by atoms with Gasteiger partial charge in [0, 0.05) is 31.1 Å². The third kappa shape index (κ3) is 3.96. The van der Waals surface area contributed by atoms with Crippen molar-refractivity contribution >= 4 is 15.9 Å². The summed E-state index contributed by atoms with van der Waals surface area (Å²) in [6.45, 7) is 5.36. The molecule has 0 saturated carbocycles.